The zero-order valence-corrected chi connectivity index (χ0v) is 20.9. The lowest BCUT2D eigenvalue weighted by Gasteiger charge is -2.62. The van der Waals surface area contributed by atoms with Crippen LogP contribution in [0.5, 0.6) is 0 Å². The molecule has 8 atom stereocenters. The van der Waals surface area contributed by atoms with Gasteiger partial charge >= 0.3 is 0 Å². The standard InChI is InChI=1S/C28H43NO4/c1-26-15-13-24(30)29(3)23(26)10-9-20-21(26)11-16-27(2)22(20)12-17-28(27,31)14-5-7-19-33-25-8-4-6-18-32-25/h20-23,25,31H,4,6-13,15-19H2,1-3H3/t20-,21+,22+,23-,25?,26-,27+,28+/m1/s1. The van der Waals surface area contributed by atoms with Crippen LogP contribution in [0.25, 0.3) is 0 Å². The second kappa shape index (κ2) is 8.85. The summed E-state index contributed by atoms with van der Waals surface area (Å²) in [5, 5.41) is 11.8. The largest absolute Gasteiger partial charge is 0.377 e. The van der Waals surface area contributed by atoms with Gasteiger partial charge in [0.2, 0.25) is 5.91 Å². The molecule has 1 unspecified atom stereocenters. The van der Waals surface area contributed by atoms with Gasteiger partial charge in [0.05, 0.1) is 6.61 Å². The van der Waals surface area contributed by atoms with E-state index in [0.717, 1.165) is 58.0 Å². The maximum absolute atomic E-state index is 12.4. The van der Waals surface area contributed by atoms with Gasteiger partial charge in [0.15, 0.2) is 6.29 Å². The molecule has 5 rings (SSSR count). The fraction of sp³-hybridized carbons (Fsp3) is 0.893. The van der Waals surface area contributed by atoms with Crippen LogP contribution in [-0.4, -0.2) is 54.1 Å². The maximum Gasteiger partial charge on any atom is 0.222 e. The van der Waals surface area contributed by atoms with Crippen molar-refractivity contribution in [1.29, 1.82) is 0 Å². The van der Waals surface area contributed by atoms with Crippen molar-refractivity contribution in [3.05, 3.63) is 0 Å². The summed E-state index contributed by atoms with van der Waals surface area (Å²) in [7, 11) is 2.02. The predicted molar refractivity (Wildman–Crippen MR) is 127 cm³/mol. The summed E-state index contributed by atoms with van der Waals surface area (Å²) in [6.07, 6.45) is 11.9. The molecule has 5 nitrogen and oxygen atoms in total. The van der Waals surface area contributed by atoms with E-state index in [9.17, 15) is 9.90 Å². The van der Waals surface area contributed by atoms with Crippen molar-refractivity contribution in [1.82, 2.24) is 4.90 Å². The summed E-state index contributed by atoms with van der Waals surface area (Å²) in [4.78, 5) is 14.4. The highest BCUT2D eigenvalue weighted by Gasteiger charge is 2.64. The van der Waals surface area contributed by atoms with Crippen LogP contribution >= 0.6 is 0 Å². The number of carbonyl (C=O) groups is 1. The summed E-state index contributed by atoms with van der Waals surface area (Å²) in [6.45, 7) is 6.14. The Hall–Kier alpha value is -1.09. The SMILES string of the molecule is CN1C(=O)CC[C@]2(C)[C@H]3CC[C@@]4(C)[C@@H](CC[C@@]4(O)C#CCCOC4CCCCO4)[C@@H]3CC[C@@H]12. The van der Waals surface area contributed by atoms with Crippen molar-refractivity contribution in [3.63, 3.8) is 0 Å². The van der Waals surface area contributed by atoms with Gasteiger partial charge in [-0.1, -0.05) is 25.7 Å². The highest BCUT2D eigenvalue weighted by atomic mass is 16.7. The van der Waals surface area contributed by atoms with Gasteiger partial charge in [-0.05, 0) is 87.4 Å². The minimum absolute atomic E-state index is 0.0714. The van der Waals surface area contributed by atoms with E-state index in [2.05, 4.69) is 30.6 Å². The maximum atomic E-state index is 12.4. The van der Waals surface area contributed by atoms with E-state index in [1.54, 1.807) is 0 Å². The normalized spacial score (nSPS) is 47.2. The molecule has 2 aliphatic heterocycles. The number of ether oxygens (including phenoxy) is 2. The fourth-order valence-corrected chi connectivity index (χ4v) is 8.66. The molecular formula is C28H43NO4. The van der Waals surface area contributed by atoms with Gasteiger partial charge in [-0.3, -0.25) is 4.79 Å². The van der Waals surface area contributed by atoms with Crippen molar-refractivity contribution in [2.75, 3.05) is 20.3 Å². The minimum Gasteiger partial charge on any atom is -0.377 e. The number of aliphatic hydroxyl groups is 1. The summed E-state index contributed by atoms with van der Waals surface area (Å²) in [5.74, 6) is 8.77. The van der Waals surface area contributed by atoms with Gasteiger partial charge < -0.3 is 19.5 Å². The van der Waals surface area contributed by atoms with Crippen LogP contribution in [0.3, 0.4) is 0 Å². The minimum atomic E-state index is -0.888. The first-order valence-electron chi connectivity index (χ1n) is 13.5. The van der Waals surface area contributed by atoms with Gasteiger partial charge in [-0.25, -0.2) is 0 Å². The first-order valence-corrected chi connectivity index (χ1v) is 13.5. The molecule has 184 valence electrons. The molecule has 0 bridgehead atoms. The monoisotopic (exact) mass is 457 g/mol. The molecule has 2 heterocycles. The topological polar surface area (TPSA) is 59.0 Å². The Bertz CT molecular complexity index is 812. The number of piperidine rings is 1. The van der Waals surface area contributed by atoms with Crippen LogP contribution in [0.4, 0.5) is 0 Å². The van der Waals surface area contributed by atoms with Crippen molar-refractivity contribution in [2.24, 2.45) is 28.6 Å². The third kappa shape index (κ3) is 3.85. The second-order valence-corrected chi connectivity index (χ2v) is 12.1. The highest BCUT2D eigenvalue weighted by Crippen LogP contribution is 2.66. The first-order chi connectivity index (χ1) is 15.8. The van der Waals surface area contributed by atoms with Crippen molar-refractivity contribution in [3.8, 4) is 11.8 Å². The van der Waals surface area contributed by atoms with Crippen molar-refractivity contribution in [2.45, 2.75) is 109 Å². The Labute approximate surface area is 200 Å². The lowest BCUT2D eigenvalue weighted by molar-refractivity contribution is -0.163. The number of amides is 1. The number of likely N-dealkylation sites (tertiary alicyclic amines) is 1. The quantitative estimate of drug-likeness (QED) is 0.500. The molecule has 33 heavy (non-hydrogen) atoms. The van der Waals surface area contributed by atoms with Crippen LogP contribution in [-0.2, 0) is 14.3 Å². The van der Waals surface area contributed by atoms with Gasteiger partial charge in [0, 0.05) is 38.0 Å². The van der Waals surface area contributed by atoms with Crippen LogP contribution < -0.4 is 0 Å². The molecule has 0 aromatic carbocycles. The summed E-state index contributed by atoms with van der Waals surface area (Å²) >= 11 is 0. The average Bonchev–Trinajstić information content (AvgIpc) is 3.08. The molecule has 1 N–H and O–H groups in total. The Morgan fingerprint density at radius 1 is 1.09 bits per heavy atom. The van der Waals surface area contributed by atoms with Crippen LogP contribution in [0.15, 0.2) is 0 Å². The molecule has 0 aromatic heterocycles. The molecule has 3 saturated carbocycles. The van der Waals surface area contributed by atoms with Crippen LogP contribution in [0, 0.1) is 40.4 Å². The Morgan fingerprint density at radius 3 is 2.70 bits per heavy atom. The molecule has 2 saturated heterocycles. The predicted octanol–water partition coefficient (Wildman–Crippen LogP) is 4.52. The average molecular weight is 458 g/mol. The fourth-order valence-electron chi connectivity index (χ4n) is 8.66. The molecule has 5 aliphatic rings. The molecule has 5 heteroatoms. The first kappa shape index (κ1) is 23.6. The van der Waals surface area contributed by atoms with Gasteiger partial charge in [0.1, 0.15) is 5.60 Å². The van der Waals surface area contributed by atoms with E-state index < -0.39 is 5.60 Å². The molecule has 0 aromatic rings. The summed E-state index contributed by atoms with van der Waals surface area (Å²) < 4.78 is 11.5. The van der Waals surface area contributed by atoms with Gasteiger partial charge in [-0.2, -0.15) is 0 Å². The smallest absolute Gasteiger partial charge is 0.222 e. The number of carbonyl (C=O) groups excluding carboxylic acids is 1. The number of fused-ring (bicyclic) bond motifs is 5. The molecule has 3 aliphatic carbocycles. The molecule has 1 amide bonds. The van der Waals surface area contributed by atoms with Crippen molar-refractivity contribution >= 4 is 5.91 Å². The van der Waals surface area contributed by atoms with E-state index in [-0.39, 0.29) is 17.1 Å². The zero-order chi connectivity index (χ0) is 23.3. The lowest BCUT2D eigenvalue weighted by Crippen LogP contribution is -2.62. The Kier molecular flexibility index (Phi) is 6.34. The van der Waals surface area contributed by atoms with Crippen LogP contribution in [0.1, 0.15) is 90.9 Å². The second-order valence-electron chi connectivity index (χ2n) is 12.1. The molecule has 0 spiro atoms. The molecular weight excluding hydrogens is 414 g/mol. The third-order valence-electron chi connectivity index (χ3n) is 10.7. The number of hydrogen-bond acceptors (Lipinski definition) is 4. The Balaban J connectivity index is 1.25. The van der Waals surface area contributed by atoms with E-state index in [4.69, 9.17) is 9.47 Å². The number of hydrogen-bond donors (Lipinski definition) is 1. The lowest BCUT2D eigenvalue weighted by atomic mass is 9.46. The van der Waals surface area contributed by atoms with E-state index >= 15 is 0 Å². The van der Waals surface area contributed by atoms with Gasteiger partial charge in [-0.15, -0.1) is 0 Å². The van der Waals surface area contributed by atoms with Gasteiger partial charge in [0.25, 0.3) is 0 Å². The number of nitrogens with zero attached hydrogens (tertiary/aromatic N) is 1. The number of rotatable bonds is 3. The van der Waals surface area contributed by atoms with Crippen molar-refractivity contribution < 1.29 is 19.4 Å². The summed E-state index contributed by atoms with van der Waals surface area (Å²) in [5.41, 5.74) is -0.799. The van der Waals surface area contributed by atoms with Crippen LogP contribution in [0.2, 0.25) is 0 Å². The zero-order valence-electron chi connectivity index (χ0n) is 20.9. The van der Waals surface area contributed by atoms with E-state index in [0.29, 0.717) is 49.2 Å². The van der Waals surface area contributed by atoms with E-state index in [1.807, 2.05) is 7.05 Å². The molecule has 5 fully saturated rings. The highest BCUT2D eigenvalue weighted by molar-refractivity contribution is 5.77. The third-order valence-corrected chi connectivity index (χ3v) is 10.7. The van der Waals surface area contributed by atoms with E-state index in [1.165, 1.54) is 12.8 Å². The molecule has 0 radical (unpaired) electrons. The Morgan fingerprint density at radius 2 is 1.91 bits per heavy atom. The summed E-state index contributed by atoms with van der Waals surface area (Å²) in [6, 6.07) is 0.387.